The molecule has 3 aromatic rings. The van der Waals surface area contributed by atoms with Crippen molar-refractivity contribution in [1.29, 1.82) is 0 Å². The monoisotopic (exact) mass is 460 g/mol. The molecule has 0 aliphatic carbocycles. The Kier molecular flexibility index (Phi) is 7.81. The van der Waals surface area contributed by atoms with Gasteiger partial charge >= 0.3 is 0 Å². The molecule has 0 saturated carbocycles. The predicted octanol–water partition coefficient (Wildman–Crippen LogP) is 4.91. The summed E-state index contributed by atoms with van der Waals surface area (Å²) in [6, 6.07) is 13.1. The zero-order valence-electron chi connectivity index (χ0n) is 17.9. The summed E-state index contributed by atoms with van der Waals surface area (Å²) in [5.41, 5.74) is 1.78. The van der Waals surface area contributed by atoms with Gasteiger partial charge in [0.1, 0.15) is 11.5 Å². The van der Waals surface area contributed by atoms with Crippen LogP contribution in [0.4, 0.5) is 5.69 Å². The lowest BCUT2D eigenvalue weighted by atomic mass is 10.2. The SMILES string of the molecule is CCc1ccc(OC(C)c2nnc(SCC(=O)Nc3cc(Cl)ccc3OC)n2C)cc1. The summed E-state index contributed by atoms with van der Waals surface area (Å²) in [7, 11) is 3.39. The molecule has 1 N–H and O–H groups in total. The van der Waals surface area contributed by atoms with E-state index in [9.17, 15) is 4.79 Å². The number of rotatable bonds is 9. The molecule has 3 rings (SSSR count). The van der Waals surface area contributed by atoms with E-state index in [0.717, 1.165) is 12.2 Å². The van der Waals surface area contributed by atoms with Crippen LogP contribution in [-0.2, 0) is 18.3 Å². The third-order valence-electron chi connectivity index (χ3n) is 4.64. The van der Waals surface area contributed by atoms with Crippen molar-refractivity contribution in [2.24, 2.45) is 7.05 Å². The van der Waals surface area contributed by atoms with E-state index in [4.69, 9.17) is 21.1 Å². The molecule has 0 radical (unpaired) electrons. The Balaban J connectivity index is 1.59. The molecule has 2 aromatic carbocycles. The van der Waals surface area contributed by atoms with Gasteiger partial charge in [0.25, 0.3) is 0 Å². The smallest absolute Gasteiger partial charge is 0.234 e. The number of aromatic nitrogens is 3. The maximum atomic E-state index is 12.4. The highest BCUT2D eigenvalue weighted by Gasteiger charge is 2.18. The number of halogens is 1. The summed E-state index contributed by atoms with van der Waals surface area (Å²) in [6.45, 7) is 4.04. The first kappa shape index (κ1) is 23.0. The molecule has 1 amide bonds. The van der Waals surface area contributed by atoms with Crippen LogP contribution in [0.2, 0.25) is 5.02 Å². The van der Waals surface area contributed by atoms with Crippen LogP contribution in [0.1, 0.15) is 31.3 Å². The quantitative estimate of drug-likeness (QED) is 0.457. The number of nitrogens with zero attached hydrogens (tertiary/aromatic N) is 3. The number of methoxy groups -OCH3 is 1. The van der Waals surface area contributed by atoms with Crippen LogP contribution in [0, 0.1) is 0 Å². The second kappa shape index (κ2) is 10.5. The third-order valence-corrected chi connectivity index (χ3v) is 5.90. The highest BCUT2D eigenvalue weighted by Crippen LogP contribution is 2.28. The first-order valence-corrected chi connectivity index (χ1v) is 11.2. The number of ether oxygens (including phenoxy) is 2. The second-order valence-corrected chi connectivity index (χ2v) is 8.22. The van der Waals surface area contributed by atoms with E-state index in [2.05, 4.69) is 22.4 Å². The number of carbonyl (C=O) groups is 1. The van der Waals surface area contributed by atoms with Gasteiger partial charge in [-0.05, 0) is 49.2 Å². The molecule has 1 atom stereocenters. The molecule has 7 nitrogen and oxygen atoms in total. The number of amides is 1. The second-order valence-electron chi connectivity index (χ2n) is 6.84. The van der Waals surface area contributed by atoms with Crippen molar-refractivity contribution in [3.63, 3.8) is 0 Å². The van der Waals surface area contributed by atoms with Gasteiger partial charge in [0.15, 0.2) is 17.1 Å². The summed E-state index contributed by atoms with van der Waals surface area (Å²) in [5, 5.41) is 12.4. The Morgan fingerprint density at radius 1 is 1.23 bits per heavy atom. The number of nitrogens with one attached hydrogen (secondary N) is 1. The van der Waals surface area contributed by atoms with E-state index in [1.54, 1.807) is 18.2 Å². The number of benzene rings is 2. The normalized spacial score (nSPS) is 11.8. The summed E-state index contributed by atoms with van der Waals surface area (Å²) >= 11 is 7.30. The number of carbonyl (C=O) groups excluding carboxylic acids is 1. The molecule has 0 fully saturated rings. The topological polar surface area (TPSA) is 78.3 Å². The first-order valence-electron chi connectivity index (χ1n) is 9.82. The average molecular weight is 461 g/mol. The lowest BCUT2D eigenvalue weighted by Gasteiger charge is -2.14. The molecule has 0 aliphatic heterocycles. The molecule has 0 spiro atoms. The van der Waals surface area contributed by atoms with Gasteiger partial charge in [0.05, 0.1) is 18.6 Å². The van der Waals surface area contributed by atoms with Crippen molar-refractivity contribution in [2.75, 3.05) is 18.2 Å². The molecule has 9 heteroatoms. The number of hydrogen-bond acceptors (Lipinski definition) is 6. The maximum Gasteiger partial charge on any atom is 0.234 e. The van der Waals surface area contributed by atoms with Crippen molar-refractivity contribution in [3.05, 3.63) is 58.9 Å². The Bertz CT molecular complexity index is 1040. The highest BCUT2D eigenvalue weighted by molar-refractivity contribution is 7.99. The number of aryl methyl sites for hydroxylation is 1. The molecular formula is C22H25ClN4O3S. The minimum absolute atomic E-state index is 0.162. The van der Waals surface area contributed by atoms with Gasteiger partial charge in [-0.1, -0.05) is 42.4 Å². The fourth-order valence-electron chi connectivity index (χ4n) is 2.96. The molecule has 164 valence electrons. The zero-order valence-corrected chi connectivity index (χ0v) is 19.5. The fourth-order valence-corrected chi connectivity index (χ4v) is 3.85. The van der Waals surface area contributed by atoms with Crippen LogP contribution in [0.15, 0.2) is 47.6 Å². The Morgan fingerprint density at radius 3 is 2.65 bits per heavy atom. The molecule has 1 heterocycles. The molecular weight excluding hydrogens is 436 g/mol. The van der Waals surface area contributed by atoms with Crippen LogP contribution in [-0.4, -0.2) is 33.5 Å². The zero-order chi connectivity index (χ0) is 22.4. The lowest BCUT2D eigenvalue weighted by Crippen LogP contribution is -2.15. The van der Waals surface area contributed by atoms with Crippen molar-refractivity contribution < 1.29 is 14.3 Å². The molecule has 0 saturated heterocycles. The van der Waals surface area contributed by atoms with Crippen molar-refractivity contribution in [3.8, 4) is 11.5 Å². The lowest BCUT2D eigenvalue weighted by molar-refractivity contribution is -0.113. The van der Waals surface area contributed by atoms with E-state index in [0.29, 0.717) is 27.4 Å². The Labute approximate surface area is 191 Å². The largest absolute Gasteiger partial charge is 0.495 e. The van der Waals surface area contributed by atoms with Gasteiger partial charge in [-0.2, -0.15) is 0 Å². The number of hydrogen-bond donors (Lipinski definition) is 1. The van der Waals surface area contributed by atoms with Gasteiger partial charge < -0.3 is 19.4 Å². The molecule has 0 bridgehead atoms. The summed E-state index contributed by atoms with van der Waals surface area (Å²) in [5.74, 6) is 1.96. The maximum absolute atomic E-state index is 12.4. The standard InChI is InChI=1S/C22H25ClN4O3S/c1-5-15-6-9-17(10-7-15)30-14(2)21-25-26-22(27(21)3)31-13-20(28)24-18-12-16(23)8-11-19(18)29-4/h6-12,14H,5,13H2,1-4H3,(H,24,28). The van der Waals surface area contributed by atoms with Crippen LogP contribution in [0.5, 0.6) is 11.5 Å². The summed E-state index contributed by atoms with van der Waals surface area (Å²) in [4.78, 5) is 12.4. The van der Waals surface area contributed by atoms with Crippen LogP contribution < -0.4 is 14.8 Å². The number of anilines is 1. The van der Waals surface area contributed by atoms with Gasteiger partial charge in [-0.3, -0.25) is 4.79 Å². The van der Waals surface area contributed by atoms with Gasteiger partial charge in [-0.15, -0.1) is 10.2 Å². The summed E-state index contributed by atoms with van der Waals surface area (Å²) < 4.78 is 13.1. The van der Waals surface area contributed by atoms with Crippen LogP contribution >= 0.6 is 23.4 Å². The minimum Gasteiger partial charge on any atom is -0.495 e. The number of thioether (sulfide) groups is 1. The van der Waals surface area contributed by atoms with E-state index in [-0.39, 0.29) is 17.8 Å². The fraction of sp³-hybridized carbons (Fsp3) is 0.318. The average Bonchev–Trinajstić information content (AvgIpc) is 3.13. The summed E-state index contributed by atoms with van der Waals surface area (Å²) in [6.07, 6.45) is 0.695. The highest BCUT2D eigenvalue weighted by atomic mass is 35.5. The predicted molar refractivity (Wildman–Crippen MR) is 123 cm³/mol. The van der Waals surface area contributed by atoms with E-state index in [1.165, 1.54) is 24.4 Å². The molecule has 31 heavy (non-hydrogen) atoms. The van der Waals surface area contributed by atoms with Crippen LogP contribution in [0.3, 0.4) is 0 Å². The van der Waals surface area contributed by atoms with Gasteiger partial charge in [0.2, 0.25) is 5.91 Å². The molecule has 1 unspecified atom stereocenters. The molecule has 1 aromatic heterocycles. The van der Waals surface area contributed by atoms with E-state index < -0.39 is 0 Å². The van der Waals surface area contributed by atoms with Gasteiger partial charge in [0, 0.05) is 12.1 Å². The van der Waals surface area contributed by atoms with Crippen molar-refractivity contribution in [2.45, 2.75) is 31.5 Å². The van der Waals surface area contributed by atoms with Crippen molar-refractivity contribution >= 4 is 35.0 Å². The minimum atomic E-state index is -0.288. The van der Waals surface area contributed by atoms with E-state index >= 15 is 0 Å². The Morgan fingerprint density at radius 2 is 1.97 bits per heavy atom. The Hall–Kier alpha value is -2.71. The van der Waals surface area contributed by atoms with Gasteiger partial charge in [-0.25, -0.2) is 0 Å². The van der Waals surface area contributed by atoms with Crippen LogP contribution in [0.25, 0.3) is 0 Å². The molecule has 0 aliphatic rings. The third kappa shape index (κ3) is 5.92. The van der Waals surface area contributed by atoms with Crippen molar-refractivity contribution in [1.82, 2.24) is 14.8 Å². The van der Waals surface area contributed by atoms with E-state index in [1.807, 2.05) is 42.8 Å². The first-order chi connectivity index (χ1) is 14.9.